The lowest BCUT2D eigenvalue weighted by Gasteiger charge is -2.11. The van der Waals surface area contributed by atoms with Crippen molar-refractivity contribution < 1.29 is 4.74 Å². The topological polar surface area (TPSA) is 21.3 Å². The third-order valence-electron chi connectivity index (χ3n) is 3.44. The summed E-state index contributed by atoms with van der Waals surface area (Å²) in [5, 5.41) is 3.41. The van der Waals surface area contributed by atoms with Crippen molar-refractivity contribution in [2.24, 2.45) is 0 Å². The van der Waals surface area contributed by atoms with Crippen molar-refractivity contribution in [2.45, 2.75) is 33.7 Å². The number of hydrogen-bond acceptors (Lipinski definition) is 2. The van der Waals surface area contributed by atoms with Gasteiger partial charge in [0.1, 0.15) is 11.5 Å². The number of hydrogen-bond donors (Lipinski definition) is 1. The lowest BCUT2D eigenvalue weighted by molar-refractivity contribution is 0.477. The zero-order valence-corrected chi connectivity index (χ0v) is 12.6. The van der Waals surface area contributed by atoms with Crippen LogP contribution in [0.3, 0.4) is 0 Å². The quantitative estimate of drug-likeness (QED) is 0.774. The molecule has 0 aliphatic rings. The van der Waals surface area contributed by atoms with Crippen LogP contribution in [0.2, 0.25) is 0 Å². The van der Waals surface area contributed by atoms with Crippen LogP contribution in [0.15, 0.2) is 42.5 Å². The Morgan fingerprint density at radius 3 is 2.65 bits per heavy atom. The Morgan fingerprint density at radius 1 is 1.05 bits per heavy atom. The van der Waals surface area contributed by atoms with Gasteiger partial charge in [0, 0.05) is 6.54 Å². The second kappa shape index (κ2) is 7.11. The van der Waals surface area contributed by atoms with Gasteiger partial charge in [0.05, 0.1) is 0 Å². The van der Waals surface area contributed by atoms with E-state index in [9.17, 15) is 0 Å². The molecule has 106 valence electrons. The van der Waals surface area contributed by atoms with E-state index in [4.69, 9.17) is 4.74 Å². The van der Waals surface area contributed by atoms with Crippen LogP contribution in [-0.2, 0) is 6.54 Å². The molecule has 0 aliphatic heterocycles. The third-order valence-corrected chi connectivity index (χ3v) is 3.44. The van der Waals surface area contributed by atoms with E-state index in [1.54, 1.807) is 0 Å². The molecule has 0 aromatic heterocycles. The summed E-state index contributed by atoms with van der Waals surface area (Å²) in [4.78, 5) is 0. The van der Waals surface area contributed by atoms with Crippen LogP contribution in [0, 0.1) is 13.8 Å². The fraction of sp³-hybridized carbons (Fsp3) is 0.333. The maximum atomic E-state index is 6.01. The number of rotatable bonds is 6. The number of aryl methyl sites for hydroxylation is 1. The molecule has 2 rings (SSSR count). The Bertz CT molecular complexity index is 563. The summed E-state index contributed by atoms with van der Waals surface area (Å²) < 4.78 is 6.01. The lowest BCUT2D eigenvalue weighted by atomic mass is 10.1. The molecule has 0 atom stereocenters. The van der Waals surface area contributed by atoms with Gasteiger partial charge in [0.25, 0.3) is 0 Å². The Balaban J connectivity index is 2.09. The van der Waals surface area contributed by atoms with Crippen LogP contribution in [0.25, 0.3) is 0 Å². The summed E-state index contributed by atoms with van der Waals surface area (Å²) in [6.45, 7) is 8.30. The first-order valence-electron chi connectivity index (χ1n) is 7.24. The van der Waals surface area contributed by atoms with Gasteiger partial charge >= 0.3 is 0 Å². The van der Waals surface area contributed by atoms with E-state index < -0.39 is 0 Å². The molecule has 2 aromatic carbocycles. The smallest absolute Gasteiger partial charge is 0.130 e. The Hall–Kier alpha value is -1.80. The molecule has 0 fully saturated rings. The predicted molar refractivity (Wildman–Crippen MR) is 84.4 cm³/mol. The maximum absolute atomic E-state index is 6.01. The summed E-state index contributed by atoms with van der Waals surface area (Å²) in [5.74, 6) is 1.83. The summed E-state index contributed by atoms with van der Waals surface area (Å²) in [7, 11) is 0. The molecule has 1 N–H and O–H groups in total. The van der Waals surface area contributed by atoms with Crippen LogP contribution < -0.4 is 10.1 Å². The predicted octanol–water partition coefficient (Wildman–Crippen LogP) is 4.60. The van der Waals surface area contributed by atoms with Gasteiger partial charge in [0.2, 0.25) is 0 Å². The van der Waals surface area contributed by atoms with Crippen molar-refractivity contribution >= 4 is 0 Å². The highest BCUT2D eigenvalue weighted by atomic mass is 16.5. The minimum absolute atomic E-state index is 0.887. The molecule has 0 bridgehead atoms. The van der Waals surface area contributed by atoms with Gasteiger partial charge in [-0.1, -0.05) is 31.2 Å². The van der Waals surface area contributed by atoms with Gasteiger partial charge < -0.3 is 10.1 Å². The molecular formula is C18H23NO. The monoisotopic (exact) mass is 269 g/mol. The van der Waals surface area contributed by atoms with Crippen molar-refractivity contribution in [3.05, 3.63) is 59.2 Å². The lowest BCUT2D eigenvalue weighted by Crippen LogP contribution is -2.13. The van der Waals surface area contributed by atoms with Gasteiger partial charge in [-0.2, -0.15) is 0 Å². The van der Waals surface area contributed by atoms with E-state index in [1.165, 1.54) is 16.7 Å². The molecule has 2 nitrogen and oxygen atoms in total. The second-order valence-electron chi connectivity index (χ2n) is 5.12. The fourth-order valence-electron chi connectivity index (χ4n) is 2.09. The molecule has 2 heteroatoms. The summed E-state index contributed by atoms with van der Waals surface area (Å²) in [6, 6.07) is 14.4. The zero-order valence-electron chi connectivity index (χ0n) is 12.6. The molecule has 0 heterocycles. The molecule has 2 aromatic rings. The van der Waals surface area contributed by atoms with Gasteiger partial charge in [-0.25, -0.2) is 0 Å². The molecule has 0 saturated carbocycles. The van der Waals surface area contributed by atoms with Crippen molar-refractivity contribution in [3.63, 3.8) is 0 Å². The van der Waals surface area contributed by atoms with E-state index in [1.807, 2.05) is 24.3 Å². The second-order valence-corrected chi connectivity index (χ2v) is 5.12. The average molecular weight is 269 g/mol. The first-order chi connectivity index (χ1) is 9.70. The highest BCUT2D eigenvalue weighted by Gasteiger charge is 2.04. The van der Waals surface area contributed by atoms with E-state index in [0.29, 0.717) is 0 Å². The van der Waals surface area contributed by atoms with Gasteiger partial charge in [-0.3, -0.25) is 0 Å². The Labute approximate surface area is 121 Å². The highest BCUT2D eigenvalue weighted by Crippen LogP contribution is 2.27. The molecule has 0 spiro atoms. The standard InChI is InChI=1S/C18H23NO/c1-4-11-19-13-16-8-6-9-17(12-16)20-18-10-5-7-14(2)15(18)3/h5-10,12,19H,4,11,13H2,1-3H3. The van der Waals surface area contributed by atoms with Crippen molar-refractivity contribution in [2.75, 3.05) is 6.54 Å². The third kappa shape index (κ3) is 3.84. The average Bonchev–Trinajstić information content (AvgIpc) is 2.45. The molecule has 0 aliphatic carbocycles. The molecule has 0 radical (unpaired) electrons. The Kier molecular flexibility index (Phi) is 5.19. The summed E-state index contributed by atoms with van der Waals surface area (Å²) in [6.07, 6.45) is 1.15. The Morgan fingerprint density at radius 2 is 1.85 bits per heavy atom. The van der Waals surface area contributed by atoms with Gasteiger partial charge in [-0.15, -0.1) is 0 Å². The van der Waals surface area contributed by atoms with E-state index in [2.05, 4.69) is 44.3 Å². The van der Waals surface area contributed by atoms with E-state index >= 15 is 0 Å². The van der Waals surface area contributed by atoms with Crippen LogP contribution in [-0.4, -0.2) is 6.54 Å². The van der Waals surface area contributed by atoms with E-state index in [-0.39, 0.29) is 0 Å². The number of benzene rings is 2. The van der Waals surface area contributed by atoms with Crippen LogP contribution in [0.1, 0.15) is 30.0 Å². The largest absolute Gasteiger partial charge is 0.457 e. The van der Waals surface area contributed by atoms with Crippen LogP contribution in [0.4, 0.5) is 0 Å². The van der Waals surface area contributed by atoms with Crippen molar-refractivity contribution in [3.8, 4) is 11.5 Å². The van der Waals surface area contributed by atoms with Gasteiger partial charge in [-0.05, 0) is 61.7 Å². The molecule has 0 saturated heterocycles. The zero-order chi connectivity index (χ0) is 14.4. The molecule has 0 amide bonds. The number of nitrogens with one attached hydrogen (secondary N) is 1. The molecular weight excluding hydrogens is 246 g/mol. The van der Waals surface area contributed by atoms with Crippen molar-refractivity contribution in [1.82, 2.24) is 5.32 Å². The van der Waals surface area contributed by atoms with Gasteiger partial charge in [0.15, 0.2) is 0 Å². The van der Waals surface area contributed by atoms with Crippen LogP contribution in [0.5, 0.6) is 11.5 Å². The summed E-state index contributed by atoms with van der Waals surface area (Å²) >= 11 is 0. The van der Waals surface area contributed by atoms with E-state index in [0.717, 1.165) is 31.0 Å². The molecule has 20 heavy (non-hydrogen) atoms. The fourth-order valence-corrected chi connectivity index (χ4v) is 2.09. The minimum atomic E-state index is 0.887. The maximum Gasteiger partial charge on any atom is 0.130 e. The highest BCUT2D eigenvalue weighted by molar-refractivity contribution is 5.42. The normalized spacial score (nSPS) is 10.6. The minimum Gasteiger partial charge on any atom is -0.457 e. The summed E-state index contributed by atoms with van der Waals surface area (Å²) in [5.41, 5.74) is 3.70. The van der Waals surface area contributed by atoms with Crippen molar-refractivity contribution in [1.29, 1.82) is 0 Å². The van der Waals surface area contributed by atoms with Crippen LogP contribution >= 0.6 is 0 Å². The SMILES string of the molecule is CCCNCc1cccc(Oc2cccc(C)c2C)c1. The number of ether oxygens (including phenoxy) is 1. The molecule has 0 unspecified atom stereocenters. The first kappa shape index (κ1) is 14.6. The first-order valence-corrected chi connectivity index (χ1v) is 7.24.